The third-order valence-electron chi connectivity index (χ3n) is 1.98. The molecule has 0 saturated carbocycles. The van der Waals surface area contributed by atoms with Crippen LogP contribution in [0.25, 0.3) is 0 Å². The Morgan fingerprint density at radius 3 is 3.00 bits per heavy atom. The van der Waals surface area contributed by atoms with Gasteiger partial charge in [-0.1, -0.05) is 18.2 Å². The van der Waals surface area contributed by atoms with Gasteiger partial charge in [0.2, 0.25) is 0 Å². The molecule has 0 saturated heterocycles. The SMILES string of the molecule is C=CCCOc1c(Br)cccc1CNC. The van der Waals surface area contributed by atoms with E-state index in [1.165, 1.54) is 0 Å². The molecule has 0 spiro atoms. The minimum absolute atomic E-state index is 0.669. The molecule has 0 unspecified atom stereocenters. The van der Waals surface area contributed by atoms with E-state index < -0.39 is 0 Å². The van der Waals surface area contributed by atoms with Crippen LogP contribution in [0, 0.1) is 0 Å². The van der Waals surface area contributed by atoms with Crippen LogP contribution in [0.1, 0.15) is 12.0 Å². The minimum Gasteiger partial charge on any atom is -0.492 e. The van der Waals surface area contributed by atoms with Crippen LogP contribution < -0.4 is 10.1 Å². The zero-order valence-corrected chi connectivity index (χ0v) is 10.5. The van der Waals surface area contributed by atoms with E-state index in [4.69, 9.17) is 4.74 Å². The van der Waals surface area contributed by atoms with E-state index in [1.54, 1.807) is 0 Å². The topological polar surface area (TPSA) is 21.3 Å². The Hall–Kier alpha value is -0.800. The number of hydrogen-bond donors (Lipinski definition) is 1. The second kappa shape index (κ2) is 6.64. The van der Waals surface area contributed by atoms with Gasteiger partial charge in [-0.25, -0.2) is 0 Å². The molecule has 0 fully saturated rings. The number of ether oxygens (including phenoxy) is 1. The van der Waals surface area contributed by atoms with Gasteiger partial charge in [0.15, 0.2) is 0 Å². The van der Waals surface area contributed by atoms with Crippen LogP contribution in [0.3, 0.4) is 0 Å². The summed E-state index contributed by atoms with van der Waals surface area (Å²) >= 11 is 3.49. The Bertz CT molecular complexity index is 325. The van der Waals surface area contributed by atoms with Gasteiger partial charge in [-0.2, -0.15) is 0 Å². The maximum absolute atomic E-state index is 5.70. The van der Waals surface area contributed by atoms with Gasteiger partial charge >= 0.3 is 0 Å². The molecule has 15 heavy (non-hydrogen) atoms. The van der Waals surface area contributed by atoms with Crippen molar-refractivity contribution in [2.45, 2.75) is 13.0 Å². The lowest BCUT2D eigenvalue weighted by molar-refractivity contribution is 0.319. The Morgan fingerprint density at radius 2 is 2.33 bits per heavy atom. The summed E-state index contributed by atoms with van der Waals surface area (Å²) in [6.45, 7) is 5.15. The molecule has 1 N–H and O–H groups in total. The maximum Gasteiger partial charge on any atom is 0.137 e. The zero-order chi connectivity index (χ0) is 11.1. The summed E-state index contributed by atoms with van der Waals surface area (Å²) in [5.74, 6) is 0.925. The molecular formula is C12H16BrNO. The summed E-state index contributed by atoms with van der Waals surface area (Å²) < 4.78 is 6.70. The van der Waals surface area contributed by atoms with Gasteiger partial charge in [0.25, 0.3) is 0 Å². The molecule has 0 radical (unpaired) electrons. The van der Waals surface area contributed by atoms with Crippen molar-refractivity contribution in [1.82, 2.24) is 5.32 Å². The molecule has 0 atom stereocenters. The number of nitrogens with one attached hydrogen (secondary N) is 1. The van der Waals surface area contributed by atoms with Gasteiger partial charge in [-0.15, -0.1) is 6.58 Å². The second-order valence-corrected chi connectivity index (χ2v) is 4.04. The molecule has 0 heterocycles. The van der Waals surface area contributed by atoms with Crippen molar-refractivity contribution in [2.24, 2.45) is 0 Å². The maximum atomic E-state index is 5.70. The minimum atomic E-state index is 0.669. The molecule has 0 aromatic heterocycles. The predicted octanol–water partition coefficient (Wildman–Crippen LogP) is 3.12. The van der Waals surface area contributed by atoms with Crippen LogP contribution >= 0.6 is 15.9 Å². The molecular weight excluding hydrogens is 254 g/mol. The summed E-state index contributed by atoms with van der Waals surface area (Å²) in [5, 5.41) is 3.12. The smallest absolute Gasteiger partial charge is 0.137 e. The zero-order valence-electron chi connectivity index (χ0n) is 8.92. The summed E-state index contributed by atoms with van der Waals surface area (Å²) in [5.41, 5.74) is 1.16. The first-order valence-corrected chi connectivity index (χ1v) is 5.74. The van der Waals surface area contributed by atoms with Gasteiger partial charge in [0, 0.05) is 12.1 Å². The van der Waals surface area contributed by atoms with Gasteiger partial charge in [-0.3, -0.25) is 0 Å². The Balaban J connectivity index is 2.76. The van der Waals surface area contributed by atoms with Crippen molar-refractivity contribution in [3.63, 3.8) is 0 Å². The molecule has 0 amide bonds. The Labute approximate surface area is 99.5 Å². The Morgan fingerprint density at radius 1 is 1.53 bits per heavy atom. The largest absolute Gasteiger partial charge is 0.492 e. The number of para-hydroxylation sites is 1. The van der Waals surface area contributed by atoms with E-state index >= 15 is 0 Å². The van der Waals surface area contributed by atoms with Crippen LogP contribution in [-0.4, -0.2) is 13.7 Å². The van der Waals surface area contributed by atoms with Crippen LogP contribution in [-0.2, 0) is 6.54 Å². The number of halogens is 1. The van der Waals surface area contributed by atoms with E-state index in [0.29, 0.717) is 6.61 Å². The van der Waals surface area contributed by atoms with Crippen molar-refractivity contribution >= 4 is 15.9 Å². The first-order chi connectivity index (χ1) is 7.29. The van der Waals surface area contributed by atoms with Crippen LogP contribution in [0.15, 0.2) is 35.3 Å². The molecule has 0 aliphatic carbocycles. The van der Waals surface area contributed by atoms with Crippen molar-refractivity contribution < 1.29 is 4.74 Å². The highest BCUT2D eigenvalue weighted by Gasteiger charge is 2.06. The fraction of sp³-hybridized carbons (Fsp3) is 0.333. The lowest BCUT2D eigenvalue weighted by atomic mass is 10.2. The van der Waals surface area contributed by atoms with Crippen LogP contribution in [0.2, 0.25) is 0 Å². The number of hydrogen-bond acceptors (Lipinski definition) is 2. The van der Waals surface area contributed by atoms with Gasteiger partial charge in [0.1, 0.15) is 5.75 Å². The molecule has 2 nitrogen and oxygen atoms in total. The van der Waals surface area contributed by atoms with E-state index in [1.807, 2.05) is 25.3 Å². The fourth-order valence-corrected chi connectivity index (χ4v) is 1.81. The van der Waals surface area contributed by atoms with E-state index in [9.17, 15) is 0 Å². The highest BCUT2D eigenvalue weighted by molar-refractivity contribution is 9.10. The van der Waals surface area contributed by atoms with Crippen molar-refractivity contribution in [3.8, 4) is 5.75 Å². The summed E-state index contributed by atoms with van der Waals surface area (Å²) in [7, 11) is 1.93. The fourth-order valence-electron chi connectivity index (χ4n) is 1.29. The second-order valence-electron chi connectivity index (χ2n) is 3.18. The number of benzene rings is 1. The molecule has 0 aliphatic heterocycles. The van der Waals surface area contributed by atoms with Crippen molar-refractivity contribution in [1.29, 1.82) is 0 Å². The molecule has 0 aliphatic rings. The van der Waals surface area contributed by atoms with Gasteiger partial charge in [0.05, 0.1) is 11.1 Å². The van der Waals surface area contributed by atoms with Crippen molar-refractivity contribution in [2.75, 3.05) is 13.7 Å². The van der Waals surface area contributed by atoms with E-state index in [0.717, 1.165) is 28.8 Å². The van der Waals surface area contributed by atoms with Crippen LogP contribution in [0.5, 0.6) is 5.75 Å². The summed E-state index contributed by atoms with van der Waals surface area (Å²) in [6.07, 6.45) is 2.72. The van der Waals surface area contributed by atoms with Crippen LogP contribution in [0.4, 0.5) is 0 Å². The third-order valence-corrected chi connectivity index (χ3v) is 2.61. The third kappa shape index (κ3) is 3.68. The first-order valence-electron chi connectivity index (χ1n) is 4.95. The monoisotopic (exact) mass is 269 g/mol. The molecule has 82 valence electrons. The average molecular weight is 270 g/mol. The molecule has 0 bridgehead atoms. The lowest BCUT2D eigenvalue weighted by Gasteiger charge is -2.12. The molecule has 3 heteroatoms. The van der Waals surface area contributed by atoms with Gasteiger partial charge < -0.3 is 10.1 Å². The highest BCUT2D eigenvalue weighted by Crippen LogP contribution is 2.29. The van der Waals surface area contributed by atoms with E-state index in [2.05, 4.69) is 33.9 Å². The quantitative estimate of drug-likeness (QED) is 0.633. The number of rotatable bonds is 6. The first kappa shape index (κ1) is 12.3. The highest BCUT2D eigenvalue weighted by atomic mass is 79.9. The van der Waals surface area contributed by atoms with E-state index in [-0.39, 0.29) is 0 Å². The predicted molar refractivity (Wildman–Crippen MR) is 67.2 cm³/mol. The summed E-state index contributed by atoms with van der Waals surface area (Å²) in [4.78, 5) is 0. The molecule has 1 aromatic carbocycles. The molecule has 1 rings (SSSR count). The van der Waals surface area contributed by atoms with Gasteiger partial charge in [-0.05, 0) is 35.5 Å². The Kier molecular flexibility index (Phi) is 5.43. The lowest BCUT2D eigenvalue weighted by Crippen LogP contribution is -2.08. The summed E-state index contributed by atoms with van der Waals surface area (Å²) in [6, 6.07) is 6.06. The normalized spacial score (nSPS) is 10.0. The van der Waals surface area contributed by atoms with Crippen molar-refractivity contribution in [3.05, 3.63) is 40.9 Å². The average Bonchev–Trinajstić information content (AvgIpc) is 2.23. The standard InChI is InChI=1S/C12H16BrNO/c1-3-4-8-15-12-10(9-14-2)6-5-7-11(12)13/h3,5-7,14H,1,4,8-9H2,2H3. The molecule has 1 aromatic rings.